The standard InChI is InChI=1S/C10H16Br4/c1-9(13)4-3-7(5-8(9)12)10(2,14)6-11/h7-8H,3-6H2,1-2H3/t7-,8+,9-,10+/m0/s1. The highest BCUT2D eigenvalue weighted by atomic mass is 79.9. The summed E-state index contributed by atoms with van der Waals surface area (Å²) in [5.74, 6) is 0.747. The molecule has 4 atom stereocenters. The third kappa shape index (κ3) is 3.21. The maximum absolute atomic E-state index is 3.82. The van der Waals surface area contributed by atoms with Gasteiger partial charge in [0.15, 0.2) is 0 Å². The van der Waals surface area contributed by atoms with Crippen molar-refractivity contribution in [3.8, 4) is 0 Å². The minimum Gasteiger partial charge on any atom is -0.0913 e. The summed E-state index contributed by atoms with van der Waals surface area (Å²) < 4.78 is 0.515. The zero-order valence-corrected chi connectivity index (χ0v) is 14.8. The van der Waals surface area contributed by atoms with Crippen LogP contribution in [-0.2, 0) is 0 Å². The van der Waals surface area contributed by atoms with E-state index in [1.165, 1.54) is 19.3 Å². The second kappa shape index (κ2) is 5.05. The molecular weight excluding hydrogens is 440 g/mol. The fourth-order valence-electron chi connectivity index (χ4n) is 1.88. The molecule has 0 bridgehead atoms. The van der Waals surface area contributed by atoms with Gasteiger partial charge in [-0.1, -0.05) is 63.7 Å². The number of hydrogen-bond acceptors (Lipinski definition) is 0. The predicted molar refractivity (Wildman–Crippen MR) is 78.5 cm³/mol. The Bertz CT molecular complexity index is 200. The summed E-state index contributed by atoms with van der Waals surface area (Å²) in [4.78, 5) is 0.574. The van der Waals surface area contributed by atoms with Crippen LogP contribution in [0.1, 0.15) is 33.1 Å². The topological polar surface area (TPSA) is 0 Å². The Labute approximate surface area is 120 Å². The zero-order valence-electron chi connectivity index (χ0n) is 8.49. The smallest absolute Gasteiger partial charge is 0.0355 e. The molecule has 0 aliphatic heterocycles. The molecule has 0 spiro atoms. The van der Waals surface area contributed by atoms with Gasteiger partial charge in [0.1, 0.15) is 0 Å². The van der Waals surface area contributed by atoms with Crippen molar-refractivity contribution in [3.05, 3.63) is 0 Å². The zero-order chi connectivity index (χ0) is 11.0. The molecule has 1 rings (SSSR count). The van der Waals surface area contributed by atoms with Crippen molar-refractivity contribution >= 4 is 63.7 Å². The lowest BCUT2D eigenvalue weighted by molar-refractivity contribution is 0.292. The molecular formula is C10H16Br4. The van der Waals surface area contributed by atoms with E-state index in [1.807, 2.05) is 0 Å². The minimum absolute atomic E-state index is 0.239. The van der Waals surface area contributed by atoms with E-state index >= 15 is 0 Å². The van der Waals surface area contributed by atoms with Crippen LogP contribution < -0.4 is 0 Å². The van der Waals surface area contributed by atoms with Gasteiger partial charge >= 0.3 is 0 Å². The van der Waals surface area contributed by atoms with Gasteiger partial charge in [0.05, 0.1) is 0 Å². The van der Waals surface area contributed by atoms with E-state index < -0.39 is 0 Å². The molecule has 4 heteroatoms. The maximum atomic E-state index is 3.82. The molecule has 0 heterocycles. The van der Waals surface area contributed by atoms with E-state index in [0.29, 0.717) is 4.83 Å². The van der Waals surface area contributed by atoms with Crippen molar-refractivity contribution < 1.29 is 0 Å². The van der Waals surface area contributed by atoms with Gasteiger partial charge in [0, 0.05) is 18.8 Å². The molecule has 1 saturated carbocycles. The van der Waals surface area contributed by atoms with E-state index in [1.54, 1.807) is 0 Å². The molecule has 0 saturated heterocycles. The molecule has 0 aromatic carbocycles. The Kier molecular flexibility index (Phi) is 5.05. The Morgan fingerprint density at radius 2 is 2.07 bits per heavy atom. The average Bonchev–Trinajstić information content (AvgIpc) is 2.09. The second-order valence-corrected chi connectivity index (χ2v) is 9.92. The van der Waals surface area contributed by atoms with Crippen molar-refractivity contribution in [3.63, 3.8) is 0 Å². The molecule has 0 aromatic rings. The van der Waals surface area contributed by atoms with Gasteiger partial charge < -0.3 is 0 Å². The summed E-state index contributed by atoms with van der Waals surface area (Å²) in [6.07, 6.45) is 3.76. The van der Waals surface area contributed by atoms with Gasteiger partial charge in [0.2, 0.25) is 0 Å². The van der Waals surface area contributed by atoms with Crippen LogP contribution in [0.3, 0.4) is 0 Å². The van der Waals surface area contributed by atoms with Crippen molar-refractivity contribution in [1.29, 1.82) is 0 Å². The molecule has 0 amide bonds. The maximum Gasteiger partial charge on any atom is 0.0355 e. The summed E-state index contributed by atoms with van der Waals surface area (Å²) in [6.45, 7) is 4.56. The first-order valence-corrected chi connectivity index (χ1v) is 8.50. The van der Waals surface area contributed by atoms with Crippen LogP contribution in [0.5, 0.6) is 0 Å². The Morgan fingerprint density at radius 3 is 2.50 bits per heavy atom. The van der Waals surface area contributed by atoms with E-state index in [4.69, 9.17) is 0 Å². The molecule has 1 aliphatic carbocycles. The summed E-state index contributed by atoms with van der Waals surface area (Å²) in [5.41, 5.74) is 0. The fourth-order valence-corrected chi connectivity index (χ4v) is 3.85. The van der Waals surface area contributed by atoms with Crippen molar-refractivity contribution in [1.82, 2.24) is 0 Å². The lowest BCUT2D eigenvalue weighted by Crippen LogP contribution is -2.42. The summed E-state index contributed by atoms with van der Waals surface area (Å²) >= 11 is 15.0. The molecule has 14 heavy (non-hydrogen) atoms. The van der Waals surface area contributed by atoms with Crippen molar-refractivity contribution in [2.75, 3.05) is 5.33 Å². The Balaban J connectivity index is 2.63. The van der Waals surface area contributed by atoms with Crippen LogP contribution in [0.2, 0.25) is 0 Å². The third-order valence-corrected chi connectivity index (χ3v) is 9.03. The van der Waals surface area contributed by atoms with Crippen LogP contribution in [0.25, 0.3) is 0 Å². The lowest BCUT2D eigenvalue weighted by atomic mass is 9.77. The first-order valence-electron chi connectivity index (χ1n) is 4.87. The van der Waals surface area contributed by atoms with Crippen LogP contribution in [0.15, 0.2) is 0 Å². The first-order chi connectivity index (χ1) is 6.29. The number of rotatable bonds is 2. The highest BCUT2D eigenvalue weighted by Crippen LogP contribution is 2.47. The number of alkyl halides is 4. The van der Waals surface area contributed by atoms with Crippen LogP contribution in [-0.4, -0.2) is 18.8 Å². The Morgan fingerprint density at radius 1 is 1.50 bits per heavy atom. The van der Waals surface area contributed by atoms with Crippen LogP contribution >= 0.6 is 63.7 Å². The fraction of sp³-hybridized carbons (Fsp3) is 1.00. The van der Waals surface area contributed by atoms with Gasteiger partial charge in [-0.15, -0.1) is 0 Å². The average molecular weight is 456 g/mol. The molecule has 0 aromatic heterocycles. The monoisotopic (exact) mass is 452 g/mol. The molecule has 0 radical (unpaired) electrons. The van der Waals surface area contributed by atoms with Gasteiger partial charge in [-0.05, 0) is 39.0 Å². The van der Waals surface area contributed by atoms with Crippen LogP contribution in [0, 0.1) is 5.92 Å². The van der Waals surface area contributed by atoms with E-state index in [-0.39, 0.29) is 8.65 Å². The van der Waals surface area contributed by atoms with Gasteiger partial charge in [-0.3, -0.25) is 0 Å². The molecule has 84 valence electrons. The van der Waals surface area contributed by atoms with Gasteiger partial charge in [-0.25, -0.2) is 0 Å². The minimum atomic E-state index is 0.239. The van der Waals surface area contributed by atoms with Gasteiger partial charge in [0.25, 0.3) is 0 Å². The quantitative estimate of drug-likeness (QED) is 0.499. The molecule has 1 aliphatic rings. The number of hydrogen-bond donors (Lipinski definition) is 0. The highest BCUT2D eigenvalue weighted by molar-refractivity contribution is 9.13. The second-order valence-electron chi connectivity index (χ2n) is 4.63. The Hall–Kier alpha value is 1.92. The first kappa shape index (κ1) is 14.0. The SMILES string of the molecule is C[C@]1(Br)CC[C@H]([C@](C)(Br)CBr)C[C@H]1Br. The number of halogens is 4. The molecule has 0 unspecified atom stereocenters. The summed E-state index contributed by atoms with van der Waals surface area (Å²) in [7, 11) is 0. The van der Waals surface area contributed by atoms with Crippen molar-refractivity contribution in [2.24, 2.45) is 5.92 Å². The van der Waals surface area contributed by atoms with Crippen LogP contribution in [0.4, 0.5) is 0 Å². The van der Waals surface area contributed by atoms with E-state index in [2.05, 4.69) is 77.6 Å². The normalized spacial score (nSPS) is 43.3. The predicted octanol–water partition coefficient (Wildman–Crippen LogP) is 5.25. The lowest BCUT2D eigenvalue weighted by Gasteiger charge is -2.42. The van der Waals surface area contributed by atoms with E-state index in [9.17, 15) is 0 Å². The van der Waals surface area contributed by atoms with Crippen molar-refractivity contribution in [2.45, 2.75) is 46.6 Å². The van der Waals surface area contributed by atoms with E-state index in [0.717, 1.165) is 11.2 Å². The van der Waals surface area contributed by atoms with Gasteiger partial charge in [-0.2, -0.15) is 0 Å². The summed E-state index contributed by atoms with van der Waals surface area (Å²) in [6, 6.07) is 0. The third-order valence-electron chi connectivity index (χ3n) is 3.24. The molecule has 0 nitrogen and oxygen atoms in total. The highest BCUT2D eigenvalue weighted by Gasteiger charge is 2.42. The molecule has 1 fully saturated rings. The molecule has 0 N–H and O–H groups in total. The largest absolute Gasteiger partial charge is 0.0913 e. The summed E-state index contributed by atoms with van der Waals surface area (Å²) in [5, 5.41) is 1.02.